The predicted molar refractivity (Wildman–Crippen MR) is 111 cm³/mol. The Morgan fingerprint density at radius 1 is 1.14 bits per heavy atom. The molecule has 0 saturated heterocycles. The third-order valence-corrected chi connectivity index (χ3v) is 5.07. The Balaban J connectivity index is 2.04. The Hall–Kier alpha value is -3.20. The molecule has 0 aliphatic rings. The van der Waals surface area contributed by atoms with E-state index in [2.05, 4.69) is 15.6 Å². The molecule has 3 rings (SSSR count). The van der Waals surface area contributed by atoms with Crippen LogP contribution in [0.1, 0.15) is 18.0 Å². The summed E-state index contributed by atoms with van der Waals surface area (Å²) in [7, 11) is 0. The molecular formula is C20H20N4O4S. The number of aromatic nitrogens is 3. The minimum atomic E-state index is -1.14. The number of aliphatic carboxylic acids is 1. The summed E-state index contributed by atoms with van der Waals surface area (Å²) < 4.78 is 1.00. The van der Waals surface area contributed by atoms with E-state index in [4.69, 9.17) is 0 Å². The van der Waals surface area contributed by atoms with Gasteiger partial charge in [0.05, 0.1) is 5.39 Å². The number of fused-ring (bicyclic) bond motifs is 1. The van der Waals surface area contributed by atoms with Crippen LogP contribution in [-0.2, 0) is 9.59 Å². The third kappa shape index (κ3) is 4.62. The molecule has 0 aliphatic heterocycles. The van der Waals surface area contributed by atoms with E-state index in [1.54, 1.807) is 54.6 Å². The fraction of sp³-hybridized carbons (Fsp3) is 0.250. The minimum absolute atomic E-state index is 0.266. The van der Waals surface area contributed by atoms with Gasteiger partial charge < -0.3 is 10.4 Å². The number of rotatable bonds is 8. The van der Waals surface area contributed by atoms with Crippen LogP contribution in [0, 0.1) is 0 Å². The van der Waals surface area contributed by atoms with Crippen LogP contribution in [-0.4, -0.2) is 50.0 Å². The summed E-state index contributed by atoms with van der Waals surface area (Å²) in [4.78, 5) is 37.7. The van der Waals surface area contributed by atoms with Gasteiger partial charge >= 0.3 is 5.97 Å². The molecule has 0 bridgehead atoms. The minimum Gasteiger partial charge on any atom is -0.480 e. The van der Waals surface area contributed by atoms with Crippen LogP contribution >= 0.6 is 11.8 Å². The lowest BCUT2D eigenvalue weighted by Crippen LogP contribution is -2.47. The zero-order valence-electron chi connectivity index (χ0n) is 15.7. The molecule has 2 N–H and O–H groups in total. The molecular weight excluding hydrogens is 392 g/mol. The van der Waals surface area contributed by atoms with Crippen molar-refractivity contribution in [3.8, 4) is 0 Å². The van der Waals surface area contributed by atoms with Crippen molar-refractivity contribution in [2.45, 2.75) is 18.5 Å². The number of nitrogens with zero attached hydrogens (tertiary/aromatic N) is 3. The number of carboxylic acids is 1. The first-order chi connectivity index (χ1) is 14.0. The average Bonchev–Trinajstić information content (AvgIpc) is 2.73. The first-order valence-corrected chi connectivity index (χ1v) is 10.3. The Morgan fingerprint density at radius 2 is 1.83 bits per heavy atom. The normalized spacial score (nSPS) is 13.0. The van der Waals surface area contributed by atoms with Crippen molar-refractivity contribution in [2.75, 3.05) is 12.0 Å². The van der Waals surface area contributed by atoms with Gasteiger partial charge in [-0.3, -0.25) is 9.59 Å². The van der Waals surface area contributed by atoms with Gasteiger partial charge in [-0.2, -0.15) is 16.4 Å². The molecule has 1 amide bonds. The van der Waals surface area contributed by atoms with E-state index in [1.807, 2.05) is 6.26 Å². The molecule has 0 fully saturated rings. The number of hydrogen-bond acceptors (Lipinski definition) is 6. The first kappa shape index (κ1) is 20.5. The van der Waals surface area contributed by atoms with Crippen molar-refractivity contribution < 1.29 is 14.7 Å². The number of hydrogen-bond donors (Lipinski definition) is 2. The lowest BCUT2D eigenvalue weighted by molar-refractivity contribution is -0.142. The van der Waals surface area contributed by atoms with Crippen LogP contribution in [0.25, 0.3) is 10.9 Å². The van der Waals surface area contributed by atoms with E-state index in [1.165, 1.54) is 11.8 Å². The number of carboxylic acid groups (broad SMARTS) is 1. The molecule has 0 spiro atoms. The van der Waals surface area contributed by atoms with E-state index in [0.717, 1.165) is 4.68 Å². The highest BCUT2D eigenvalue weighted by molar-refractivity contribution is 7.98. The van der Waals surface area contributed by atoms with Gasteiger partial charge in [0.2, 0.25) is 5.91 Å². The second kappa shape index (κ2) is 9.33. The molecule has 0 saturated carbocycles. The van der Waals surface area contributed by atoms with Crippen LogP contribution in [0.4, 0.5) is 0 Å². The van der Waals surface area contributed by atoms with Crippen LogP contribution in [0.3, 0.4) is 0 Å². The van der Waals surface area contributed by atoms with Gasteiger partial charge in [0.25, 0.3) is 5.56 Å². The van der Waals surface area contributed by atoms with Crippen molar-refractivity contribution in [2.24, 2.45) is 0 Å². The van der Waals surface area contributed by atoms with Gasteiger partial charge in [0.1, 0.15) is 11.6 Å². The van der Waals surface area contributed by atoms with Crippen LogP contribution in [0.2, 0.25) is 0 Å². The van der Waals surface area contributed by atoms with Gasteiger partial charge in [-0.15, -0.1) is 5.10 Å². The number of amides is 1. The maximum atomic E-state index is 13.1. The summed E-state index contributed by atoms with van der Waals surface area (Å²) in [6, 6.07) is 13.1. The van der Waals surface area contributed by atoms with Crippen molar-refractivity contribution in [3.05, 3.63) is 70.5 Å². The van der Waals surface area contributed by atoms with E-state index < -0.39 is 29.5 Å². The zero-order valence-corrected chi connectivity index (χ0v) is 16.5. The fourth-order valence-electron chi connectivity index (χ4n) is 2.95. The molecule has 2 atom stereocenters. The molecule has 0 radical (unpaired) electrons. The molecule has 0 unspecified atom stereocenters. The number of nitrogens with one attached hydrogen (secondary N) is 1. The zero-order chi connectivity index (χ0) is 20.8. The monoisotopic (exact) mass is 412 g/mol. The Morgan fingerprint density at radius 3 is 2.52 bits per heavy atom. The molecule has 9 heteroatoms. The van der Waals surface area contributed by atoms with E-state index >= 15 is 0 Å². The number of carbonyl (C=O) groups excluding carboxylic acids is 1. The van der Waals surface area contributed by atoms with Crippen molar-refractivity contribution in [3.63, 3.8) is 0 Å². The highest BCUT2D eigenvalue weighted by Gasteiger charge is 2.29. The lowest BCUT2D eigenvalue weighted by Gasteiger charge is -2.21. The summed E-state index contributed by atoms with van der Waals surface area (Å²) in [6.07, 6.45) is 2.12. The molecule has 0 aliphatic carbocycles. The maximum absolute atomic E-state index is 13.1. The smallest absolute Gasteiger partial charge is 0.326 e. The van der Waals surface area contributed by atoms with Gasteiger partial charge in [0.15, 0.2) is 6.04 Å². The van der Waals surface area contributed by atoms with Gasteiger partial charge in [-0.05, 0) is 36.1 Å². The second-order valence-corrected chi connectivity index (χ2v) is 7.34. The van der Waals surface area contributed by atoms with E-state index in [-0.39, 0.29) is 6.42 Å². The SMILES string of the molecule is CSCC[C@H](NC(=O)[C@H](c1ccccc1)n1nnc2ccccc2c1=O)C(=O)O. The van der Waals surface area contributed by atoms with Gasteiger partial charge in [-0.1, -0.05) is 47.7 Å². The fourth-order valence-corrected chi connectivity index (χ4v) is 3.43. The summed E-state index contributed by atoms with van der Waals surface area (Å²) in [5.41, 5.74) is 0.450. The first-order valence-electron chi connectivity index (χ1n) is 8.94. The third-order valence-electron chi connectivity index (χ3n) is 4.42. The van der Waals surface area contributed by atoms with Gasteiger partial charge in [-0.25, -0.2) is 4.79 Å². The quantitative estimate of drug-likeness (QED) is 0.579. The Kier molecular flexibility index (Phi) is 6.61. The van der Waals surface area contributed by atoms with Crippen LogP contribution < -0.4 is 10.9 Å². The van der Waals surface area contributed by atoms with Crippen LogP contribution in [0.15, 0.2) is 59.4 Å². The number of thioether (sulfide) groups is 1. The highest BCUT2D eigenvalue weighted by Crippen LogP contribution is 2.18. The van der Waals surface area contributed by atoms with E-state index in [9.17, 15) is 19.5 Å². The Bertz CT molecular complexity index is 1070. The molecule has 29 heavy (non-hydrogen) atoms. The molecule has 1 heterocycles. The van der Waals surface area contributed by atoms with Gasteiger partial charge in [0, 0.05) is 0 Å². The molecule has 8 nitrogen and oxygen atoms in total. The average molecular weight is 412 g/mol. The van der Waals surface area contributed by atoms with Crippen molar-refractivity contribution >= 4 is 34.5 Å². The summed E-state index contributed by atoms with van der Waals surface area (Å²) >= 11 is 1.49. The molecule has 1 aromatic heterocycles. The Labute approximate surface area is 170 Å². The summed E-state index contributed by atoms with van der Waals surface area (Å²) in [5.74, 6) is -1.18. The number of benzene rings is 2. The van der Waals surface area contributed by atoms with E-state index in [0.29, 0.717) is 22.2 Å². The van der Waals surface area contributed by atoms with Crippen molar-refractivity contribution in [1.29, 1.82) is 0 Å². The molecule has 3 aromatic rings. The van der Waals surface area contributed by atoms with Crippen molar-refractivity contribution in [1.82, 2.24) is 20.3 Å². The second-order valence-electron chi connectivity index (χ2n) is 6.35. The lowest BCUT2D eigenvalue weighted by atomic mass is 10.1. The van der Waals surface area contributed by atoms with Crippen LogP contribution in [0.5, 0.6) is 0 Å². The molecule has 150 valence electrons. The summed E-state index contributed by atoms with van der Waals surface area (Å²) in [6.45, 7) is 0. The maximum Gasteiger partial charge on any atom is 0.326 e. The summed E-state index contributed by atoms with van der Waals surface area (Å²) in [5, 5.41) is 20.3. The number of carbonyl (C=O) groups is 2. The highest BCUT2D eigenvalue weighted by atomic mass is 32.2. The largest absolute Gasteiger partial charge is 0.480 e. The topological polar surface area (TPSA) is 114 Å². The predicted octanol–water partition coefficient (Wildman–Crippen LogP) is 1.70. The molecule has 2 aromatic carbocycles. The standard InChI is InChI=1S/C20H20N4O4S/c1-29-12-11-16(20(27)28)21-18(25)17(13-7-3-2-4-8-13)24-19(26)14-9-5-6-10-15(14)22-23-24/h2-10,16-17H,11-12H2,1H3,(H,21,25)(H,27,28)/t16-,17-/m0/s1.